The number of nitrogens with one attached hydrogen (secondary N) is 1. The molecular weight excluding hydrogens is 319 g/mol. The molecule has 25 heavy (non-hydrogen) atoms. The van der Waals surface area contributed by atoms with E-state index in [4.69, 9.17) is 5.10 Å². The summed E-state index contributed by atoms with van der Waals surface area (Å²) < 4.78 is 15.4. The van der Waals surface area contributed by atoms with E-state index in [1.165, 1.54) is 18.0 Å². The smallest absolute Gasteiger partial charge is 0.155 e. The van der Waals surface area contributed by atoms with Crippen LogP contribution in [0.15, 0.2) is 36.8 Å². The summed E-state index contributed by atoms with van der Waals surface area (Å²) >= 11 is 0. The van der Waals surface area contributed by atoms with Crippen LogP contribution in [-0.2, 0) is 6.42 Å². The first-order valence-electron chi connectivity index (χ1n) is 8.24. The molecular formula is C18H15FN6. The number of aromatic nitrogens is 6. The lowest BCUT2D eigenvalue weighted by atomic mass is 9.98. The maximum Gasteiger partial charge on any atom is 0.155 e. The molecule has 0 aliphatic carbocycles. The van der Waals surface area contributed by atoms with Gasteiger partial charge in [0.15, 0.2) is 5.65 Å². The highest BCUT2D eigenvalue weighted by atomic mass is 19.1. The van der Waals surface area contributed by atoms with Gasteiger partial charge in [-0.25, -0.2) is 9.37 Å². The van der Waals surface area contributed by atoms with Crippen molar-refractivity contribution in [3.8, 4) is 22.5 Å². The zero-order valence-electron chi connectivity index (χ0n) is 13.6. The topological polar surface area (TPSA) is 72.3 Å². The van der Waals surface area contributed by atoms with Gasteiger partial charge in [-0.05, 0) is 43.5 Å². The van der Waals surface area contributed by atoms with Crippen LogP contribution in [0.5, 0.6) is 0 Å². The van der Waals surface area contributed by atoms with E-state index in [9.17, 15) is 4.39 Å². The maximum absolute atomic E-state index is 13.3. The minimum absolute atomic E-state index is 0.338. The van der Waals surface area contributed by atoms with Crippen LogP contribution in [0.2, 0.25) is 0 Å². The molecule has 5 heterocycles. The molecule has 1 atom stereocenters. The second kappa shape index (κ2) is 5.20. The van der Waals surface area contributed by atoms with Crippen molar-refractivity contribution in [3.05, 3.63) is 48.3 Å². The Morgan fingerprint density at radius 2 is 2.12 bits per heavy atom. The van der Waals surface area contributed by atoms with Gasteiger partial charge in [0.2, 0.25) is 0 Å². The minimum atomic E-state index is -0.355. The Labute approximate surface area is 142 Å². The fourth-order valence-corrected chi connectivity index (χ4v) is 3.59. The highest BCUT2D eigenvalue weighted by molar-refractivity contribution is 5.97. The second-order valence-corrected chi connectivity index (χ2v) is 6.36. The van der Waals surface area contributed by atoms with Crippen molar-refractivity contribution in [2.45, 2.75) is 25.8 Å². The van der Waals surface area contributed by atoms with Gasteiger partial charge in [0.1, 0.15) is 11.5 Å². The zero-order valence-corrected chi connectivity index (χ0v) is 13.6. The van der Waals surface area contributed by atoms with E-state index in [1.54, 1.807) is 18.5 Å². The first-order chi connectivity index (χ1) is 12.2. The molecule has 124 valence electrons. The number of pyridine rings is 2. The Balaban J connectivity index is 1.82. The standard InChI is InChI=1S/C18H15FN6/c1-10-2-5-15-16(12-6-7-20-18-13(12)9-22-23-18)17(24-25(10)15)14-4-3-11(19)8-21-14/h3-4,6-10H,2,5H2,1H3,(H,20,22,23)/t10-/m1/s1. The third kappa shape index (κ3) is 2.08. The summed E-state index contributed by atoms with van der Waals surface area (Å²) in [6, 6.07) is 5.41. The summed E-state index contributed by atoms with van der Waals surface area (Å²) in [5, 5.41) is 12.8. The first kappa shape index (κ1) is 14.3. The Kier molecular flexibility index (Phi) is 2.97. The van der Waals surface area contributed by atoms with Gasteiger partial charge in [-0.1, -0.05) is 0 Å². The van der Waals surface area contributed by atoms with Gasteiger partial charge in [-0.2, -0.15) is 10.2 Å². The molecule has 0 aromatic carbocycles. The molecule has 0 unspecified atom stereocenters. The van der Waals surface area contributed by atoms with E-state index in [1.807, 2.05) is 6.07 Å². The van der Waals surface area contributed by atoms with Crippen LogP contribution in [0.3, 0.4) is 0 Å². The molecule has 0 saturated heterocycles. The quantitative estimate of drug-likeness (QED) is 0.609. The van der Waals surface area contributed by atoms with Crippen molar-refractivity contribution < 1.29 is 4.39 Å². The van der Waals surface area contributed by atoms with Crippen molar-refractivity contribution in [1.82, 2.24) is 29.9 Å². The van der Waals surface area contributed by atoms with E-state index in [0.717, 1.165) is 40.7 Å². The Bertz CT molecular complexity index is 1080. The van der Waals surface area contributed by atoms with Crippen LogP contribution < -0.4 is 0 Å². The molecule has 0 spiro atoms. The SMILES string of the molecule is C[C@@H]1CCc2c(-c3ccnc4[nH]ncc34)c(-c3ccc(F)cn3)nn21. The van der Waals surface area contributed by atoms with Gasteiger partial charge in [-0.15, -0.1) is 0 Å². The molecule has 0 fully saturated rings. The molecule has 0 saturated carbocycles. The van der Waals surface area contributed by atoms with Crippen molar-refractivity contribution in [1.29, 1.82) is 0 Å². The van der Waals surface area contributed by atoms with Crippen LogP contribution in [-0.4, -0.2) is 29.9 Å². The van der Waals surface area contributed by atoms with Crippen molar-refractivity contribution in [3.63, 3.8) is 0 Å². The fraction of sp³-hybridized carbons (Fsp3) is 0.222. The zero-order chi connectivity index (χ0) is 17.0. The number of H-pyrrole nitrogens is 1. The summed E-state index contributed by atoms with van der Waals surface area (Å²) in [5.74, 6) is -0.355. The van der Waals surface area contributed by atoms with Gasteiger partial charge in [-0.3, -0.25) is 14.8 Å². The molecule has 0 amide bonds. The summed E-state index contributed by atoms with van der Waals surface area (Å²) in [6.07, 6.45) is 6.79. The normalized spacial score (nSPS) is 16.5. The van der Waals surface area contributed by atoms with E-state index in [0.29, 0.717) is 11.7 Å². The molecule has 0 radical (unpaired) electrons. The lowest BCUT2D eigenvalue weighted by Crippen LogP contribution is -2.01. The third-order valence-electron chi connectivity index (χ3n) is 4.82. The summed E-state index contributed by atoms with van der Waals surface area (Å²) in [6.45, 7) is 2.16. The largest absolute Gasteiger partial charge is 0.265 e. The molecule has 1 aliphatic heterocycles. The molecule has 7 heteroatoms. The summed E-state index contributed by atoms with van der Waals surface area (Å²) in [4.78, 5) is 8.57. The van der Waals surface area contributed by atoms with E-state index in [2.05, 4.69) is 31.8 Å². The number of nitrogens with zero attached hydrogens (tertiary/aromatic N) is 5. The number of rotatable bonds is 2. The highest BCUT2D eigenvalue weighted by Gasteiger charge is 2.29. The van der Waals surface area contributed by atoms with Gasteiger partial charge in [0.25, 0.3) is 0 Å². The number of hydrogen-bond acceptors (Lipinski definition) is 4. The number of aromatic amines is 1. The average Bonchev–Trinajstić information content (AvgIpc) is 3.32. The van der Waals surface area contributed by atoms with Gasteiger partial charge < -0.3 is 0 Å². The maximum atomic E-state index is 13.3. The van der Waals surface area contributed by atoms with Gasteiger partial charge in [0, 0.05) is 28.9 Å². The molecule has 5 rings (SSSR count). The Morgan fingerprint density at radius 3 is 2.96 bits per heavy atom. The number of hydrogen-bond donors (Lipinski definition) is 1. The van der Waals surface area contributed by atoms with Gasteiger partial charge in [0.05, 0.1) is 18.1 Å². The van der Waals surface area contributed by atoms with Crippen molar-refractivity contribution in [2.24, 2.45) is 0 Å². The van der Waals surface area contributed by atoms with E-state index >= 15 is 0 Å². The molecule has 4 aromatic heterocycles. The van der Waals surface area contributed by atoms with E-state index < -0.39 is 0 Å². The monoisotopic (exact) mass is 334 g/mol. The molecule has 6 nitrogen and oxygen atoms in total. The highest BCUT2D eigenvalue weighted by Crippen LogP contribution is 2.41. The minimum Gasteiger partial charge on any atom is -0.265 e. The lowest BCUT2D eigenvalue weighted by Gasteiger charge is -2.06. The molecule has 0 bridgehead atoms. The van der Waals surface area contributed by atoms with E-state index in [-0.39, 0.29) is 5.82 Å². The second-order valence-electron chi connectivity index (χ2n) is 6.36. The lowest BCUT2D eigenvalue weighted by molar-refractivity contribution is 0.522. The third-order valence-corrected chi connectivity index (χ3v) is 4.82. The molecule has 1 aliphatic rings. The summed E-state index contributed by atoms with van der Waals surface area (Å²) in [7, 11) is 0. The van der Waals surface area contributed by atoms with Gasteiger partial charge >= 0.3 is 0 Å². The Morgan fingerprint density at radius 1 is 1.20 bits per heavy atom. The fourth-order valence-electron chi connectivity index (χ4n) is 3.59. The van der Waals surface area contributed by atoms with Crippen molar-refractivity contribution in [2.75, 3.05) is 0 Å². The van der Waals surface area contributed by atoms with Crippen LogP contribution in [0.25, 0.3) is 33.5 Å². The van der Waals surface area contributed by atoms with Crippen LogP contribution in [0.1, 0.15) is 25.1 Å². The first-order valence-corrected chi connectivity index (χ1v) is 8.24. The summed E-state index contributed by atoms with van der Waals surface area (Å²) in [5.41, 5.74) is 5.42. The predicted molar refractivity (Wildman–Crippen MR) is 91.3 cm³/mol. The number of fused-ring (bicyclic) bond motifs is 2. The molecule has 4 aromatic rings. The molecule has 1 N–H and O–H groups in total. The Hall–Kier alpha value is -3.09. The number of halogens is 1. The average molecular weight is 334 g/mol. The van der Waals surface area contributed by atoms with Crippen LogP contribution in [0.4, 0.5) is 4.39 Å². The van der Waals surface area contributed by atoms with Crippen molar-refractivity contribution >= 4 is 11.0 Å². The predicted octanol–water partition coefficient (Wildman–Crippen LogP) is 3.53. The van der Waals surface area contributed by atoms with Crippen LogP contribution in [0, 0.1) is 5.82 Å². The van der Waals surface area contributed by atoms with Crippen LogP contribution >= 0.6 is 0 Å².